The molecule has 0 aromatic heterocycles. The first kappa shape index (κ1) is 30.8. The fourth-order valence-electron chi connectivity index (χ4n) is 10.2. The van der Waals surface area contributed by atoms with Gasteiger partial charge in [-0.2, -0.15) is 0 Å². The number of benzene rings is 6. The summed E-state index contributed by atoms with van der Waals surface area (Å²) < 4.78 is 0. The van der Waals surface area contributed by atoms with Crippen molar-refractivity contribution in [3.8, 4) is 44.5 Å². The summed E-state index contributed by atoms with van der Waals surface area (Å²) in [5, 5.41) is 45.6. The molecule has 3 aliphatic carbocycles. The maximum absolute atomic E-state index is 10.7. The number of aliphatic hydroxyl groups excluding tert-OH is 1. The van der Waals surface area contributed by atoms with Gasteiger partial charge in [0.15, 0.2) is 0 Å². The van der Waals surface area contributed by atoms with E-state index in [2.05, 4.69) is 94.4 Å². The number of hydrogen-bond acceptors (Lipinski definition) is 4. The molecule has 4 nitrogen and oxygen atoms in total. The van der Waals surface area contributed by atoms with Gasteiger partial charge in [0.2, 0.25) is 0 Å². The molecule has 9 rings (SSSR count). The van der Waals surface area contributed by atoms with Gasteiger partial charge in [-0.3, -0.25) is 0 Å². The van der Waals surface area contributed by atoms with E-state index in [9.17, 15) is 20.2 Å². The third kappa shape index (κ3) is 3.81. The van der Waals surface area contributed by atoms with Crippen LogP contribution in [-0.2, 0) is 10.8 Å². The molecule has 0 radical (unpaired) electrons. The first-order chi connectivity index (χ1) is 23.7. The maximum atomic E-state index is 10.7. The van der Waals surface area contributed by atoms with Crippen molar-refractivity contribution in [2.45, 2.75) is 64.2 Å². The van der Waals surface area contributed by atoms with Gasteiger partial charge >= 0.3 is 14.0 Å². The average Bonchev–Trinajstić information content (AvgIpc) is 3.62. The van der Waals surface area contributed by atoms with Crippen molar-refractivity contribution in [2.24, 2.45) is 0 Å². The van der Waals surface area contributed by atoms with Crippen molar-refractivity contribution < 1.29 is 20.2 Å². The second-order valence-electron chi connectivity index (χ2n) is 14.5. The quantitative estimate of drug-likeness (QED) is 0.139. The predicted octanol–water partition coefficient (Wildman–Crippen LogP) is 7.22. The molecule has 0 spiro atoms. The number of rotatable bonds is 7. The summed E-state index contributed by atoms with van der Waals surface area (Å²) in [6.45, 7) is 8.08. The summed E-state index contributed by atoms with van der Waals surface area (Å²) in [6.07, 6.45) is 3.81. The Labute approximate surface area is 288 Å². The highest BCUT2D eigenvalue weighted by Gasteiger charge is 2.49. The second kappa shape index (κ2) is 10.7. The van der Waals surface area contributed by atoms with E-state index in [1.54, 1.807) is 0 Å². The molecule has 0 bridgehead atoms. The predicted molar refractivity (Wildman–Crippen MR) is 204 cm³/mol. The molecule has 6 aromatic rings. The van der Waals surface area contributed by atoms with Crippen LogP contribution in [0.5, 0.6) is 0 Å². The molecule has 0 saturated carbocycles. The minimum Gasteiger partial charge on any atom is -0.445 e. The number of fused-ring (bicyclic) bond motifs is 8. The van der Waals surface area contributed by atoms with E-state index in [1.165, 1.54) is 66.4 Å². The fraction of sp³-hybridized carbons (Fsp3) is 0.256. The molecule has 6 heteroatoms. The van der Waals surface area contributed by atoms with Crippen LogP contribution in [0.25, 0.3) is 66.1 Å². The fourth-order valence-corrected chi connectivity index (χ4v) is 10.2. The summed E-state index contributed by atoms with van der Waals surface area (Å²) in [4.78, 5) is 0. The topological polar surface area (TPSA) is 80.9 Å². The van der Waals surface area contributed by atoms with E-state index in [4.69, 9.17) is 0 Å². The molecule has 49 heavy (non-hydrogen) atoms. The first-order valence-corrected chi connectivity index (χ1v) is 17.9. The lowest BCUT2D eigenvalue weighted by molar-refractivity contribution is 0.343. The summed E-state index contributed by atoms with van der Waals surface area (Å²) >= 11 is 0. The average molecular weight is 642 g/mol. The summed E-state index contributed by atoms with van der Waals surface area (Å²) in [5.74, 6) is 0. The van der Waals surface area contributed by atoms with Gasteiger partial charge in [-0.05, 0) is 149 Å². The highest BCUT2D eigenvalue weighted by atomic mass is 16.4. The van der Waals surface area contributed by atoms with Gasteiger partial charge in [0.25, 0.3) is 0 Å². The van der Waals surface area contributed by atoms with Crippen LogP contribution in [0, 0.1) is 0 Å². The minimum atomic E-state index is -1.53. The summed E-state index contributed by atoms with van der Waals surface area (Å²) in [6, 6.07) is 30.8. The van der Waals surface area contributed by atoms with E-state index in [0.717, 1.165) is 53.0 Å². The van der Waals surface area contributed by atoms with Crippen LogP contribution in [-0.4, -0.2) is 40.7 Å². The molecular weight excluding hydrogens is 602 g/mol. The molecule has 242 valence electrons. The zero-order valence-corrected chi connectivity index (χ0v) is 28.6. The van der Waals surface area contributed by atoms with Gasteiger partial charge in [0.1, 0.15) is 0 Å². The molecule has 0 saturated heterocycles. The Hall–Kier alpha value is -4.19. The lowest BCUT2D eigenvalue weighted by Gasteiger charge is -2.50. The van der Waals surface area contributed by atoms with Crippen LogP contribution in [0.2, 0.25) is 0 Å². The molecule has 6 aromatic carbocycles. The van der Waals surface area contributed by atoms with Crippen LogP contribution >= 0.6 is 0 Å². The van der Waals surface area contributed by atoms with E-state index in [0.29, 0.717) is 5.46 Å². The standard InChI is InChI=1S/C43H40B2O4/c1-5-42(6-2)37-20-31-29-14-10-12-25-16-27(45(48)49)18-35(41(25)29)33(31)22-39(37)43(7-3,8-4)36-19-30-28-13-9-11-24-15-26(44(47)23-46)17-34(40(24)28)32(30)21-38(36)42/h9-22,46-49H,5-8,23H2,1-4H3. The van der Waals surface area contributed by atoms with Gasteiger partial charge in [-0.25, -0.2) is 0 Å². The van der Waals surface area contributed by atoms with E-state index >= 15 is 0 Å². The van der Waals surface area contributed by atoms with Crippen molar-refractivity contribution in [2.75, 3.05) is 6.51 Å². The Bertz CT molecular complexity index is 2390. The molecule has 0 amide bonds. The molecule has 0 aliphatic heterocycles. The molecule has 0 unspecified atom stereocenters. The Morgan fingerprint density at radius 2 is 0.857 bits per heavy atom. The Kier molecular flexibility index (Phi) is 6.71. The highest BCUT2D eigenvalue weighted by Crippen LogP contribution is 2.61. The third-order valence-electron chi connectivity index (χ3n) is 12.8. The lowest BCUT2D eigenvalue weighted by Crippen LogP contribution is -2.42. The van der Waals surface area contributed by atoms with Crippen molar-refractivity contribution in [3.05, 3.63) is 107 Å². The van der Waals surface area contributed by atoms with Crippen LogP contribution in [0.15, 0.2) is 84.9 Å². The van der Waals surface area contributed by atoms with Crippen LogP contribution in [0.3, 0.4) is 0 Å². The lowest BCUT2D eigenvalue weighted by atomic mass is 9.53. The Balaban J connectivity index is 1.36. The maximum Gasteiger partial charge on any atom is 0.488 e. The second-order valence-corrected chi connectivity index (χ2v) is 14.5. The van der Waals surface area contributed by atoms with Crippen LogP contribution in [0.1, 0.15) is 75.6 Å². The molecule has 3 aliphatic rings. The zero-order chi connectivity index (χ0) is 34.0. The Morgan fingerprint density at radius 3 is 1.24 bits per heavy atom. The van der Waals surface area contributed by atoms with E-state index in [-0.39, 0.29) is 17.3 Å². The molecule has 0 atom stereocenters. The van der Waals surface area contributed by atoms with E-state index in [1.807, 2.05) is 18.2 Å². The molecule has 4 N–H and O–H groups in total. The number of aliphatic hydroxyl groups is 1. The first-order valence-electron chi connectivity index (χ1n) is 17.9. The van der Waals surface area contributed by atoms with Gasteiger partial charge in [0.05, 0.1) is 6.51 Å². The van der Waals surface area contributed by atoms with Crippen molar-refractivity contribution >= 4 is 46.5 Å². The van der Waals surface area contributed by atoms with Crippen molar-refractivity contribution in [3.63, 3.8) is 0 Å². The van der Waals surface area contributed by atoms with Crippen molar-refractivity contribution in [1.82, 2.24) is 0 Å². The normalized spacial score (nSPS) is 15.3. The van der Waals surface area contributed by atoms with E-state index < -0.39 is 14.0 Å². The van der Waals surface area contributed by atoms with Crippen LogP contribution in [0.4, 0.5) is 0 Å². The monoisotopic (exact) mass is 642 g/mol. The smallest absolute Gasteiger partial charge is 0.445 e. The highest BCUT2D eigenvalue weighted by molar-refractivity contribution is 6.66. The summed E-state index contributed by atoms with van der Waals surface area (Å²) in [5.41, 5.74) is 15.9. The van der Waals surface area contributed by atoms with Crippen LogP contribution < -0.4 is 10.9 Å². The summed E-state index contributed by atoms with van der Waals surface area (Å²) in [7, 11) is -1.53. The SMILES string of the molecule is CCC1(CC)c2cc3c(cc2C(CC)(CC)c2cc4c(cc21)-c1cccc2cc(B(O)CO)cc-4c12)-c1cccc2cc(B(O)O)cc-3c12. The van der Waals surface area contributed by atoms with Gasteiger partial charge in [0, 0.05) is 10.8 Å². The number of hydrogen-bond donors (Lipinski definition) is 4. The largest absolute Gasteiger partial charge is 0.488 e. The van der Waals surface area contributed by atoms with Gasteiger partial charge in [-0.1, -0.05) is 88.4 Å². The van der Waals surface area contributed by atoms with Crippen molar-refractivity contribution in [1.29, 1.82) is 0 Å². The molecule has 0 fully saturated rings. The molecule has 0 heterocycles. The third-order valence-corrected chi connectivity index (χ3v) is 12.8. The Morgan fingerprint density at radius 1 is 0.469 bits per heavy atom. The van der Waals surface area contributed by atoms with Gasteiger partial charge in [-0.15, -0.1) is 0 Å². The van der Waals surface area contributed by atoms with Gasteiger partial charge < -0.3 is 20.2 Å². The minimum absolute atomic E-state index is 0.214. The zero-order valence-electron chi connectivity index (χ0n) is 28.6. The molecular formula is C43H40B2O4.